The fourth-order valence-corrected chi connectivity index (χ4v) is 3.86. The highest BCUT2D eigenvalue weighted by Crippen LogP contribution is 2.32. The Balaban J connectivity index is 1.67. The lowest BCUT2D eigenvalue weighted by atomic mass is 10.0. The minimum Gasteiger partial charge on any atom is -0.378 e. The Morgan fingerprint density at radius 3 is 2.82 bits per heavy atom. The number of rotatable bonds is 5. The Kier molecular flexibility index (Phi) is 4.56. The maximum Gasteiger partial charge on any atom is 0.270 e. The quantitative estimate of drug-likeness (QED) is 0.697. The molecule has 2 amide bonds. The number of ether oxygens (including phenoxy) is 1. The van der Waals surface area contributed by atoms with Crippen LogP contribution in [0.25, 0.3) is 5.65 Å². The number of hydrogen-bond acceptors (Lipinski definition) is 5. The van der Waals surface area contributed by atoms with Gasteiger partial charge in [-0.05, 0) is 23.6 Å². The second kappa shape index (κ2) is 7.05. The van der Waals surface area contributed by atoms with Gasteiger partial charge in [0.25, 0.3) is 11.8 Å². The molecule has 2 atom stereocenters. The summed E-state index contributed by atoms with van der Waals surface area (Å²) in [6.07, 6.45) is 2.25. The Morgan fingerprint density at radius 2 is 2.11 bits per heavy atom. The van der Waals surface area contributed by atoms with Gasteiger partial charge in [0.15, 0.2) is 5.65 Å². The summed E-state index contributed by atoms with van der Waals surface area (Å²) in [7, 11) is 1.50. The minimum absolute atomic E-state index is 0.0160. The van der Waals surface area contributed by atoms with Gasteiger partial charge in [-0.1, -0.05) is 31.2 Å². The van der Waals surface area contributed by atoms with Crippen molar-refractivity contribution in [1.82, 2.24) is 19.9 Å². The fourth-order valence-electron chi connectivity index (χ4n) is 3.86. The number of carbonyl (C=O) groups excluding carboxylic acids is 2. The lowest BCUT2D eigenvalue weighted by Crippen LogP contribution is -2.38. The molecule has 0 spiro atoms. The lowest BCUT2D eigenvalue weighted by molar-refractivity contribution is 0.0925. The van der Waals surface area contributed by atoms with E-state index in [-0.39, 0.29) is 41.4 Å². The SMILES string of the molecule is COCc1nn2c(C(=O)N[C@@H]3Cc4ccccc4[C@@H]3C)ccnc2c1C(N)=O. The van der Waals surface area contributed by atoms with E-state index in [9.17, 15) is 9.59 Å². The molecule has 3 aromatic rings. The van der Waals surface area contributed by atoms with Crippen LogP contribution < -0.4 is 11.1 Å². The van der Waals surface area contributed by atoms with Gasteiger partial charge in [0.2, 0.25) is 0 Å². The van der Waals surface area contributed by atoms with Gasteiger partial charge in [0.1, 0.15) is 17.0 Å². The summed E-state index contributed by atoms with van der Waals surface area (Å²) in [5.74, 6) is -0.730. The van der Waals surface area contributed by atoms with Crippen molar-refractivity contribution in [2.24, 2.45) is 5.73 Å². The van der Waals surface area contributed by atoms with Gasteiger partial charge in [-0.2, -0.15) is 5.10 Å². The molecular weight excluding hydrogens is 358 g/mol. The van der Waals surface area contributed by atoms with E-state index < -0.39 is 5.91 Å². The van der Waals surface area contributed by atoms with Crippen LogP contribution in [0.3, 0.4) is 0 Å². The van der Waals surface area contributed by atoms with Crippen molar-refractivity contribution in [3.63, 3.8) is 0 Å². The van der Waals surface area contributed by atoms with Crippen molar-refractivity contribution >= 4 is 17.5 Å². The van der Waals surface area contributed by atoms with E-state index >= 15 is 0 Å². The van der Waals surface area contributed by atoms with Crippen molar-refractivity contribution in [1.29, 1.82) is 0 Å². The molecule has 2 aromatic heterocycles. The maximum atomic E-state index is 13.0. The summed E-state index contributed by atoms with van der Waals surface area (Å²) in [5.41, 5.74) is 9.05. The third-order valence-corrected chi connectivity index (χ3v) is 5.26. The highest BCUT2D eigenvalue weighted by atomic mass is 16.5. The molecule has 2 heterocycles. The predicted octanol–water partition coefficient (Wildman–Crippen LogP) is 1.43. The number of amides is 2. The van der Waals surface area contributed by atoms with Crippen molar-refractivity contribution in [2.75, 3.05) is 7.11 Å². The van der Waals surface area contributed by atoms with E-state index in [1.807, 2.05) is 12.1 Å². The standard InChI is InChI=1S/C20H21N5O3/c1-11-13-6-4-3-5-12(13)9-14(11)23-20(27)16-7-8-22-19-17(18(21)26)15(10-28-2)24-25(16)19/h3-8,11,14H,9-10H2,1-2H3,(H2,21,26)(H,23,27)/t11-,14+/m0/s1. The smallest absolute Gasteiger partial charge is 0.270 e. The molecule has 0 saturated heterocycles. The molecule has 0 fully saturated rings. The molecule has 1 aliphatic carbocycles. The third-order valence-electron chi connectivity index (χ3n) is 5.26. The van der Waals surface area contributed by atoms with Crippen molar-refractivity contribution in [2.45, 2.75) is 31.9 Å². The topological polar surface area (TPSA) is 112 Å². The Morgan fingerprint density at radius 1 is 1.32 bits per heavy atom. The van der Waals surface area contributed by atoms with Gasteiger partial charge < -0.3 is 15.8 Å². The number of benzene rings is 1. The average Bonchev–Trinajstić information content (AvgIpc) is 3.20. The molecular formula is C20H21N5O3. The van der Waals surface area contributed by atoms with Gasteiger partial charge in [-0.15, -0.1) is 0 Å². The normalized spacial score (nSPS) is 18.2. The average molecular weight is 379 g/mol. The summed E-state index contributed by atoms with van der Waals surface area (Å²) in [5, 5.41) is 7.44. The predicted molar refractivity (Wildman–Crippen MR) is 102 cm³/mol. The van der Waals surface area contributed by atoms with Crippen molar-refractivity contribution in [3.05, 3.63) is 64.6 Å². The number of aromatic nitrogens is 3. The van der Waals surface area contributed by atoms with Gasteiger partial charge in [0.05, 0.1) is 6.61 Å². The molecule has 3 N–H and O–H groups in total. The monoisotopic (exact) mass is 379 g/mol. The second-order valence-corrected chi connectivity index (χ2v) is 6.96. The zero-order valence-electron chi connectivity index (χ0n) is 15.7. The van der Waals surface area contributed by atoms with Crippen LogP contribution in [0, 0.1) is 0 Å². The van der Waals surface area contributed by atoms with Gasteiger partial charge >= 0.3 is 0 Å². The summed E-state index contributed by atoms with van der Waals surface area (Å²) in [6.45, 7) is 2.20. The zero-order valence-corrected chi connectivity index (χ0v) is 15.7. The van der Waals surface area contributed by atoms with Crippen molar-refractivity contribution < 1.29 is 14.3 Å². The molecule has 0 unspecified atom stereocenters. The Hall–Kier alpha value is -3.26. The number of methoxy groups -OCH3 is 1. The summed E-state index contributed by atoms with van der Waals surface area (Å²) in [6, 6.07) is 9.76. The third kappa shape index (κ3) is 2.91. The molecule has 1 aliphatic rings. The van der Waals surface area contributed by atoms with Gasteiger partial charge in [-0.3, -0.25) is 9.59 Å². The molecule has 144 valence electrons. The first-order valence-electron chi connectivity index (χ1n) is 9.05. The molecule has 0 aliphatic heterocycles. The minimum atomic E-state index is -0.660. The second-order valence-electron chi connectivity index (χ2n) is 6.96. The molecule has 28 heavy (non-hydrogen) atoms. The molecule has 8 heteroatoms. The molecule has 4 rings (SSSR count). The van der Waals surface area contributed by atoms with Gasteiger partial charge in [-0.25, -0.2) is 9.50 Å². The highest BCUT2D eigenvalue weighted by Gasteiger charge is 2.31. The molecule has 0 saturated carbocycles. The van der Waals surface area contributed by atoms with Crippen LogP contribution in [-0.2, 0) is 17.8 Å². The van der Waals surface area contributed by atoms with Crippen LogP contribution in [-0.4, -0.2) is 39.6 Å². The van der Waals surface area contributed by atoms with E-state index in [4.69, 9.17) is 10.5 Å². The summed E-state index contributed by atoms with van der Waals surface area (Å²) >= 11 is 0. The lowest BCUT2D eigenvalue weighted by Gasteiger charge is -2.18. The van der Waals surface area contributed by atoms with E-state index in [0.717, 1.165) is 6.42 Å². The molecule has 0 bridgehead atoms. The number of nitrogens with one attached hydrogen (secondary N) is 1. The van der Waals surface area contributed by atoms with Crippen LogP contribution in [0.4, 0.5) is 0 Å². The number of nitrogens with zero attached hydrogens (tertiary/aromatic N) is 3. The van der Waals surface area contributed by atoms with E-state index in [1.165, 1.54) is 28.9 Å². The maximum absolute atomic E-state index is 13.0. The van der Waals surface area contributed by atoms with E-state index in [0.29, 0.717) is 5.69 Å². The number of fused-ring (bicyclic) bond motifs is 2. The number of hydrogen-bond donors (Lipinski definition) is 2. The molecule has 0 radical (unpaired) electrons. The van der Waals surface area contributed by atoms with Crippen molar-refractivity contribution in [3.8, 4) is 0 Å². The first kappa shape index (κ1) is 18.1. The summed E-state index contributed by atoms with van der Waals surface area (Å²) < 4.78 is 6.45. The van der Waals surface area contributed by atoms with Crippen LogP contribution in [0.15, 0.2) is 36.5 Å². The van der Waals surface area contributed by atoms with Crippen LogP contribution in [0.1, 0.15) is 50.5 Å². The first-order chi connectivity index (χ1) is 13.5. The highest BCUT2D eigenvalue weighted by molar-refractivity contribution is 6.01. The number of carbonyl (C=O) groups is 2. The Labute approximate surface area is 161 Å². The van der Waals surface area contributed by atoms with Crippen LogP contribution in [0.5, 0.6) is 0 Å². The number of nitrogens with two attached hydrogens (primary N) is 1. The molecule has 8 nitrogen and oxygen atoms in total. The van der Waals surface area contributed by atoms with Crippen LogP contribution in [0.2, 0.25) is 0 Å². The molecule has 1 aromatic carbocycles. The zero-order chi connectivity index (χ0) is 19.8. The van der Waals surface area contributed by atoms with Gasteiger partial charge in [0, 0.05) is 25.3 Å². The Bertz CT molecular complexity index is 1070. The van der Waals surface area contributed by atoms with E-state index in [2.05, 4.69) is 34.5 Å². The largest absolute Gasteiger partial charge is 0.378 e. The number of primary amides is 1. The van der Waals surface area contributed by atoms with Crippen LogP contribution >= 0.6 is 0 Å². The van der Waals surface area contributed by atoms with E-state index in [1.54, 1.807) is 6.07 Å². The summed E-state index contributed by atoms with van der Waals surface area (Å²) in [4.78, 5) is 29.1. The first-order valence-corrected chi connectivity index (χ1v) is 9.05. The fraction of sp³-hybridized carbons (Fsp3) is 0.300.